The number of hydrogen-bond donors (Lipinski definition) is 2. The molecular weight excluding hydrogens is 563 g/mol. The number of benzene rings is 4. The average molecular weight is 579 g/mol. The van der Waals surface area contributed by atoms with E-state index in [1.165, 1.54) is 6.21 Å². The summed E-state index contributed by atoms with van der Waals surface area (Å²) in [6, 6.07) is 19.1. The smallest absolute Gasteiger partial charge is 0.275 e. The predicted molar refractivity (Wildman–Crippen MR) is 141 cm³/mol. The molecule has 0 aliphatic rings. The van der Waals surface area contributed by atoms with Crippen molar-refractivity contribution in [2.45, 2.75) is 6.61 Å². The van der Waals surface area contributed by atoms with Crippen molar-refractivity contribution in [1.82, 2.24) is 5.43 Å². The third-order valence-electron chi connectivity index (χ3n) is 4.90. The van der Waals surface area contributed by atoms with Gasteiger partial charge in [-0.2, -0.15) is 5.10 Å². The molecule has 0 aliphatic heterocycles. The minimum absolute atomic E-state index is 0.125. The molecule has 9 heteroatoms. The molecule has 0 fully saturated rings. The van der Waals surface area contributed by atoms with Gasteiger partial charge in [0, 0.05) is 15.6 Å². The summed E-state index contributed by atoms with van der Waals surface area (Å²) in [5, 5.41) is 17.2. The van der Waals surface area contributed by atoms with Gasteiger partial charge in [-0.1, -0.05) is 65.1 Å². The monoisotopic (exact) mass is 576 g/mol. The molecule has 0 heterocycles. The number of halogens is 4. The molecule has 0 aliphatic carbocycles. The summed E-state index contributed by atoms with van der Waals surface area (Å²) < 4.78 is 6.43. The number of aromatic hydroxyl groups is 1. The first-order valence-corrected chi connectivity index (χ1v) is 11.9. The number of hydrogen-bond acceptors (Lipinski definition) is 4. The molecule has 172 valence electrons. The molecule has 0 saturated heterocycles. The van der Waals surface area contributed by atoms with E-state index in [0.29, 0.717) is 30.9 Å². The van der Waals surface area contributed by atoms with Gasteiger partial charge in [-0.15, -0.1) is 0 Å². The second-order valence-corrected chi connectivity index (χ2v) is 9.36. The summed E-state index contributed by atoms with van der Waals surface area (Å²) in [4.78, 5) is 12.5. The molecular formula is C25H16BrCl3N2O3. The predicted octanol–water partition coefficient (Wildman–Crippen LogP) is 7.61. The standard InChI is InChI=1S/C25H16BrCl3N2O3/c26-20-7-14(8-22(29)24(20)34-13-17-5-6-18(27)11-21(17)28)12-30-31-25(33)19-9-15-3-1-2-4-16(15)10-23(19)32/h1-12,32H,13H2,(H,31,33). The van der Waals surface area contributed by atoms with Crippen LogP contribution in [0.1, 0.15) is 21.5 Å². The number of carbonyl (C=O) groups excluding carboxylic acids is 1. The summed E-state index contributed by atoms with van der Waals surface area (Å²) in [5.41, 5.74) is 3.93. The lowest BCUT2D eigenvalue weighted by Gasteiger charge is -2.12. The number of fused-ring (bicyclic) bond motifs is 1. The Morgan fingerprint density at radius 1 is 1.00 bits per heavy atom. The molecule has 5 nitrogen and oxygen atoms in total. The van der Waals surface area contributed by atoms with Crippen LogP contribution in [0.25, 0.3) is 10.8 Å². The van der Waals surface area contributed by atoms with E-state index in [1.807, 2.05) is 24.3 Å². The van der Waals surface area contributed by atoms with Crippen LogP contribution in [-0.2, 0) is 6.61 Å². The van der Waals surface area contributed by atoms with Crippen LogP contribution in [0, 0.1) is 0 Å². The number of ether oxygens (including phenoxy) is 1. The highest BCUT2D eigenvalue weighted by molar-refractivity contribution is 9.10. The quantitative estimate of drug-likeness (QED) is 0.183. The first-order valence-electron chi connectivity index (χ1n) is 9.93. The van der Waals surface area contributed by atoms with Gasteiger partial charge in [0.1, 0.15) is 12.4 Å². The van der Waals surface area contributed by atoms with E-state index in [4.69, 9.17) is 39.5 Å². The van der Waals surface area contributed by atoms with Gasteiger partial charge < -0.3 is 9.84 Å². The first-order chi connectivity index (χ1) is 16.3. The van der Waals surface area contributed by atoms with E-state index in [2.05, 4.69) is 26.5 Å². The van der Waals surface area contributed by atoms with Gasteiger partial charge in [0.05, 0.1) is 21.3 Å². The Balaban J connectivity index is 1.44. The van der Waals surface area contributed by atoms with E-state index in [0.717, 1.165) is 16.3 Å². The number of amides is 1. The topological polar surface area (TPSA) is 70.9 Å². The molecule has 0 aromatic heterocycles. The zero-order chi connectivity index (χ0) is 24.2. The third-order valence-corrected chi connectivity index (χ3v) is 6.35. The van der Waals surface area contributed by atoms with Gasteiger partial charge in [0.15, 0.2) is 5.75 Å². The Hall–Kier alpha value is -2.77. The minimum Gasteiger partial charge on any atom is -0.507 e. The molecule has 4 rings (SSSR count). The van der Waals surface area contributed by atoms with Crippen LogP contribution in [0.5, 0.6) is 11.5 Å². The van der Waals surface area contributed by atoms with Gasteiger partial charge in [0.25, 0.3) is 5.91 Å². The second-order valence-electron chi connectivity index (χ2n) is 7.25. The van der Waals surface area contributed by atoms with Crippen LogP contribution in [-0.4, -0.2) is 17.2 Å². The summed E-state index contributed by atoms with van der Waals surface area (Å²) in [6.45, 7) is 0.201. The van der Waals surface area contributed by atoms with Crippen LogP contribution in [0.3, 0.4) is 0 Å². The number of nitrogens with one attached hydrogen (secondary N) is 1. The molecule has 1 amide bonds. The third kappa shape index (κ3) is 5.65. The van der Waals surface area contributed by atoms with Crippen LogP contribution in [0.4, 0.5) is 0 Å². The van der Waals surface area contributed by atoms with Gasteiger partial charge in [-0.3, -0.25) is 4.79 Å². The lowest BCUT2D eigenvalue weighted by atomic mass is 10.1. The SMILES string of the molecule is O=C(NN=Cc1cc(Cl)c(OCc2ccc(Cl)cc2Cl)c(Br)c1)c1cc2ccccc2cc1O. The first kappa shape index (κ1) is 24.4. The number of nitrogens with zero attached hydrogens (tertiary/aromatic N) is 1. The molecule has 0 radical (unpaired) electrons. The van der Waals surface area contributed by atoms with E-state index in [1.54, 1.807) is 42.5 Å². The zero-order valence-electron chi connectivity index (χ0n) is 17.4. The molecule has 0 unspecified atom stereocenters. The van der Waals surface area contributed by atoms with Crippen LogP contribution < -0.4 is 10.2 Å². The molecule has 2 N–H and O–H groups in total. The Morgan fingerprint density at radius 2 is 1.74 bits per heavy atom. The van der Waals surface area contributed by atoms with Crippen LogP contribution in [0.15, 0.2) is 76.3 Å². The Bertz CT molecular complexity index is 1400. The fourth-order valence-corrected chi connectivity index (χ4v) is 4.67. The molecule has 0 atom stereocenters. The average Bonchev–Trinajstić information content (AvgIpc) is 2.79. The largest absolute Gasteiger partial charge is 0.507 e. The number of rotatable bonds is 6. The zero-order valence-corrected chi connectivity index (χ0v) is 21.2. The summed E-state index contributed by atoms with van der Waals surface area (Å²) >= 11 is 21.9. The van der Waals surface area contributed by atoms with E-state index in [9.17, 15) is 9.90 Å². The lowest BCUT2D eigenvalue weighted by molar-refractivity contribution is 0.0952. The summed E-state index contributed by atoms with van der Waals surface area (Å²) in [7, 11) is 0. The van der Waals surface area contributed by atoms with E-state index in [-0.39, 0.29) is 17.9 Å². The fourth-order valence-electron chi connectivity index (χ4n) is 3.22. The second kappa shape index (κ2) is 10.7. The molecule has 4 aromatic carbocycles. The normalized spacial score (nSPS) is 11.2. The highest BCUT2D eigenvalue weighted by atomic mass is 79.9. The highest BCUT2D eigenvalue weighted by Gasteiger charge is 2.13. The number of hydrazone groups is 1. The van der Waals surface area contributed by atoms with Crippen molar-refractivity contribution >= 4 is 73.6 Å². The maximum atomic E-state index is 12.5. The maximum absolute atomic E-state index is 12.5. The van der Waals surface area contributed by atoms with Crippen molar-refractivity contribution < 1.29 is 14.6 Å². The summed E-state index contributed by atoms with van der Waals surface area (Å²) in [5.74, 6) is -0.223. The summed E-state index contributed by atoms with van der Waals surface area (Å²) in [6.07, 6.45) is 1.44. The van der Waals surface area contributed by atoms with E-state index < -0.39 is 5.91 Å². The Morgan fingerprint density at radius 3 is 2.44 bits per heavy atom. The van der Waals surface area contributed by atoms with Crippen LogP contribution in [0.2, 0.25) is 15.1 Å². The molecule has 4 aromatic rings. The van der Waals surface area contributed by atoms with Crippen molar-refractivity contribution in [2.75, 3.05) is 0 Å². The molecule has 0 saturated carbocycles. The van der Waals surface area contributed by atoms with Crippen molar-refractivity contribution in [2.24, 2.45) is 5.10 Å². The van der Waals surface area contributed by atoms with Gasteiger partial charge >= 0.3 is 0 Å². The van der Waals surface area contributed by atoms with Gasteiger partial charge in [-0.25, -0.2) is 5.43 Å². The van der Waals surface area contributed by atoms with Crippen molar-refractivity contribution in [3.05, 3.63) is 103 Å². The minimum atomic E-state index is -0.538. The van der Waals surface area contributed by atoms with E-state index >= 15 is 0 Å². The fraction of sp³-hybridized carbons (Fsp3) is 0.0400. The van der Waals surface area contributed by atoms with Crippen molar-refractivity contribution in [3.63, 3.8) is 0 Å². The number of phenols is 1. The number of phenolic OH excluding ortho intramolecular Hbond substituents is 1. The van der Waals surface area contributed by atoms with Gasteiger partial charge in [-0.05, 0) is 68.7 Å². The molecule has 34 heavy (non-hydrogen) atoms. The Kier molecular flexibility index (Phi) is 7.63. The molecule has 0 bridgehead atoms. The van der Waals surface area contributed by atoms with Crippen molar-refractivity contribution in [1.29, 1.82) is 0 Å². The van der Waals surface area contributed by atoms with Gasteiger partial charge in [0.2, 0.25) is 0 Å². The number of carbonyl (C=O) groups is 1. The molecule has 0 spiro atoms. The maximum Gasteiger partial charge on any atom is 0.275 e. The van der Waals surface area contributed by atoms with Crippen molar-refractivity contribution in [3.8, 4) is 11.5 Å². The van der Waals surface area contributed by atoms with Crippen LogP contribution >= 0.6 is 50.7 Å². The Labute approximate surface area is 219 Å². The highest BCUT2D eigenvalue weighted by Crippen LogP contribution is 2.35. The lowest BCUT2D eigenvalue weighted by Crippen LogP contribution is -2.17.